The van der Waals surface area contributed by atoms with Gasteiger partial charge in [-0.15, -0.1) is 0 Å². The highest BCUT2D eigenvalue weighted by Crippen LogP contribution is 2.27. The van der Waals surface area contributed by atoms with Gasteiger partial charge in [0.2, 0.25) is 0 Å². The number of hydrogen-bond donors (Lipinski definition) is 1. The van der Waals surface area contributed by atoms with Crippen molar-refractivity contribution in [2.24, 2.45) is 7.05 Å². The number of benzene rings is 1. The van der Waals surface area contributed by atoms with Crippen LogP contribution in [0.1, 0.15) is 42.5 Å². The summed E-state index contributed by atoms with van der Waals surface area (Å²) in [6, 6.07) is 7.90. The van der Waals surface area contributed by atoms with Crippen molar-refractivity contribution in [1.29, 1.82) is 0 Å². The molecule has 0 bridgehead atoms. The summed E-state index contributed by atoms with van der Waals surface area (Å²) in [6.07, 6.45) is 0.375. The number of hydrogen-bond acceptors (Lipinski definition) is 3. The Morgan fingerprint density at radius 2 is 2.10 bits per heavy atom. The number of aliphatic hydroxyl groups is 1. The number of aliphatic hydroxyl groups excluding tert-OH is 1. The van der Waals surface area contributed by atoms with Crippen LogP contribution in [0.4, 0.5) is 0 Å². The summed E-state index contributed by atoms with van der Waals surface area (Å²) in [6.45, 7) is 6.29. The first-order chi connectivity index (χ1) is 9.51. The molecule has 0 fully saturated rings. The molecule has 20 heavy (non-hydrogen) atoms. The number of ether oxygens (including phenoxy) is 1. The average Bonchev–Trinajstić information content (AvgIpc) is 2.76. The summed E-state index contributed by atoms with van der Waals surface area (Å²) in [4.78, 5) is 0. The van der Waals surface area contributed by atoms with E-state index in [-0.39, 0.29) is 0 Å². The summed E-state index contributed by atoms with van der Waals surface area (Å²) < 4.78 is 7.73. The van der Waals surface area contributed by atoms with Gasteiger partial charge in [0.25, 0.3) is 0 Å². The monoisotopic (exact) mass is 274 g/mol. The van der Waals surface area contributed by atoms with Gasteiger partial charge in [-0.2, -0.15) is 5.10 Å². The van der Waals surface area contributed by atoms with Crippen LogP contribution in [0.25, 0.3) is 0 Å². The quantitative estimate of drug-likeness (QED) is 0.912. The fraction of sp³-hybridized carbons (Fsp3) is 0.438. The third-order valence-corrected chi connectivity index (χ3v) is 3.38. The third-order valence-electron chi connectivity index (χ3n) is 3.38. The van der Waals surface area contributed by atoms with Gasteiger partial charge < -0.3 is 9.84 Å². The van der Waals surface area contributed by atoms with Crippen LogP contribution in [0, 0.1) is 6.92 Å². The second-order valence-electron chi connectivity index (χ2n) is 5.11. The van der Waals surface area contributed by atoms with E-state index in [1.165, 1.54) is 0 Å². The second-order valence-corrected chi connectivity index (χ2v) is 5.11. The summed E-state index contributed by atoms with van der Waals surface area (Å²) >= 11 is 0. The van der Waals surface area contributed by atoms with Gasteiger partial charge in [-0.25, -0.2) is 0 Å². The van der Waals surface area contributed by atoms with E-state index in [0.29, 0.717) is 6.61 Å². The van der Waals surface area contributed by atoms with Gasteiger partial charge in [0.15, 0.2) is 0 Å². The first-order valence-electron chi connectivity index (χ1n) is 6.94. The molecular formula is C16H22N2O2. The standard InChI is InChI=1S/C16H22N2O2/c1-5-13-9-14(18(4)17-13)10-20-16-8-11(2)6-7-15(16)12(3)19/h6-9,12,19H,5,10H2,1-4H3/t12-/m0/s1. The lowest BCUT2D eigenvalue weighted by atomic mass is 10.1. The van der Waals surface area contributed by atoms with Crippen molar-refractivity contribution in [3.8, 4) is 5.75 Å². The highest BCUT2D eigenvalue weighted by molar-refractivity contribution is 5.38. The zero-order valence-corrected chi connectivity index (χ0v) is 12.6. The van der Waals surface area contributed by atoms with E-state index < -0.39 is 6.10 Å². The van der Waals surface area contributed by atoms with Gasteiger partial charge in [-0.1, -0.05) is 19.1 Å². The molecule has 1 heterocycles. The van der Waals surface area contributed by atoms with Crippen LogP contribution in [-0.4, -0.2) is 14.9 Å². The van der Waals surface area contributed by atoms with Crippen LogP contribution in [0.2, 0.25) is 0 Å². The fourth-order valence-corrected chi connectivity index (χ4v) is 2.14. The largest absolute Gasteiger partial charge is 0.487 e. The fourth-order valence-electron chi connectivity index (χ4n) is 2.14. The van der Waals surface area contributed by atoms with Gasteiger partial charge in [0, 0.05) is 12.6 Å². The van der Waals surface area contributed by atoms with Crippen molar-refractivity contribution in [3.05, 3.63) is 46.8 Å². The number of aromatic nitrogens is 2. The molecule has 1 aromatic heterocycles. The zero-order valence-electron chi connectivity index (χ0n) is 12.6. The van der Waals surface area contributed by atoms with Crippen molar-refractivity contribution >= 4 is 0 Å². The molecule has 0 spiro atoms. The Morgan fingerprint density at radius 3 is 2.70 bits per heavy atom. The molecule has 0 radical (unpaired) electrons. The number of rotatable bonds is 5. The van der Waals surface area contributed by atoms with E-state index in [9.17, 15) is 5.11 Å². The molecule has 4 nitrogen and oxygen atoms in total. The molecule has 0 aliphatic heterocycles. The maximum atomic E-state index is 9.79. The Hall–Kier alpha value is -1.81. The van der Waals surface area contributed by atoms with Crippen molar-refractivity contribution in [2.75, 3.05) is 0 Å². The lowest BCUT2D eigenvalue weighted by molar-refractivity contribution is 0.189. The van der Waals surface area contributed by atoms with Crippen LogP contribution >= 0.6 is 0 Å². The molecule has 0 unspecified atom stereocenters. The minimum atomic E-state index is -0.539. The molecule has 1 N–H and O–H groups in total. The molecule has 0 aliphatic carbocycles. The first-order valence-corrected chi connectivity index (χ1v) is 6.94. The summed E-state index contributed by atoms with van der Waals surface area (Å²) in [7, 11) is 1.92. The molecule has 1 atom stereocenters. The topological polar surface area (TPSA) is 47.3 Å². The minimum Gasteiger partial charge on any atom is -0.487 e. The maximum absolute atomic E-state index is 9.79. The van der Waals surface area contributed by atoms with Crippen LogP contribution in [0.3, 0.4) is 0 Å². The molecule has 1 aromatic carbocycles. The predicted octanol–water partition coefficient (Wildman–Crippen LogP) is 2.92. The van der Waals surface area contributed by atoms with Crippen LogP contribution < -0.4 is 4.74 Å². The average molecular weight is 274 g/mol. The van der Waals surface area contributed by atoms with Crippen molar-refractivity contribution < 1.29 is 9.84 Å². The van der Waals surface area contributed by atoms with E-state index in [1.54, 1.807) is 6.92 Å². The molecule has 2 rings (SSSR count). The molecule has 0 saturated carbocycles. The second kappa shape index (κ2) is 6.09. The predicted molar refractivity (Wildman–Crippen MR) is 78.7 cm³/mol. The van der Waals surface area contributed by atoms with Gasteiger partial charge in [-0.3, -0.25) is 4.68 Å². The van der Waals surface area contributed by atoms with Gasteiger partial charge >= 0.3 is 0 Å². The molecule has 0 saturated heterocycles. The Labute approximate surface area is 120 Å². The highest BCUT2D eigenvalue weighted by atomic mass is 16.5. The van der Waals surface area contributed by atoms with E-state index >= 15 is 0 Å². The smallest absolute Gasteiger partial charge is 0.130 e. The molecular weight excluding hydrogens is 252 g/mol. The lowest BCUT2D eigenvalue weighted by Gasteiger charge is -2.14. The van der Waals surface area contributed by atoms with Crippen molar-refractivity contribution in [1.82, 2.24) is 9.78 Å². The zero-order chi connectivity index (χ0) is 14.7. The SMILES string of the molecule is CCc1cc(COc2cc(C)ccc2[C@H](C)O)n(C)n1. The third kappa shape index (κ3) is 3.20. The molecule has 0 aliphatic rings. The maximum Gasteiger partial charge on any atom is 0.130 e. The Balaban J connectivity index is 2.17. The molecule has 108 valence electrons. The van der Waals surface area contributed by atoms with Gasteiger partial charge in [-0.05, 0) is 38.0 Å². The van der Waals surface area contributed by atoms with Gasteiger partial charge in [0.1, 0.15) is 12.4 Å². The number of nitrogens with zero attached hydrogens (tertiary/aromatic N) is 2. The summed E-state index contributed by atoms with van der Waals surface area (Å²) in [5.74, 6) is 0.735. The van der Waals surface area contributed by atoms with Crippen molar-refractivity contribution in [3.63, 3.8) is 0 Å². The first kappa shape index (κ1) is 14.6. The highest BCUT2D eigenvalue weighted by Gasteiger charge is 2.11. The lowest BCUT2D eigenvalue weighted by Crippen LogP contribution is -2.05. The van der Waals surface area contributed by atoms with Crippen LogP contribution in [0.5, 0.6) is 5.75 Å². The van der Waals surface area contributed by atoms with Crippen molar-refractivity contribution in [2.45, 2.75) is 39.9 Å². The minimum absolute atomic E-state index is 0.451. The van der Waals surface area contributed by atoms with Crippen LogP contribution in [-0.2, 0) is 20.1 Å². The van der Waals surface area contributed by atoms with E-state index in [2.05, 4.69) is 18.1 Å². The molecule has 4 heteroatoms. The van der Waals surface area contributed by atoms with Gasteiger partial charge in [0.05, 0.1) is 17.5 Å². The van der Waals surface area contributed by atoms with E-state index in [0.717, 1.165) is 34.7 Å². The Kier molecular flexibility index (Phi) is 4.45. The summed E-state index contributed by atoms with van der Waals surface area (Å²) in [5.41, 5.74) is 4.02. The van der Waals surface area contributed by atoms with E-state index in [4.69, 9.17) is 4.74 Å². The van der Waals surface area contributed by atoms with Crippen LogP contribution in [0.15, 0.2) is 24.3 Å². The Bertz CT molecular complexity index is 588. The Morgan fingerprint density at radius 1 is 1.35 bits per heavy atom. The molecule has 0 amide bonds. The number of aryl methyl sites for hydroxylation is 3. The molecule has 2 aromatic rings. The summed E-state index contributed by atoms with van der Waals surface area (Å²) in [5, 5.41) is 14.2. The van der Waals surface area contributed by atoms with E-state index in [1.807, 2.05) is 36.9 Å². The normalized spacial score (nSPS) is 12.4.